The lowest BCUT2D eigenvalue weighted by Crippen LogP contribution is -2.14. The van der Waals surface area contributed by atoms with Crippen LogP contribution < -0.4 is 16.0 Å². The maximum absolute atomic E-state index is 14.7. The standard InChI is InChI=1S/C38H45FN6/c1-12-15-35(31-16-29(17-33(39)18-31)21-40-24(6)7)25(8)27(10)42-28(11)37-36-20-32(22-41-38(36)45-44-37)30(13-2)19-34(14-3)43-26(9)23(4)5/h12-20,22-23,40,42-43H,1,3,6,9,11,21H2,2,4-5,7-8,10H3,(H,41,44,45)/b27-25+,30-13+,34-19+,35-15+. The van der Waals surface area contributed by atoms with Gasteiger partial charge in [0.05, 0.1) is 11.4 Å². The van der Waals surface area contributed by atoms with Crippen molar-refractivity contribution in [3.8, 4) is 0 Å². The van der Waals surface area contributed by atoms with Gasteiger partial charge in [-0.05, 0) is 97.9 Å². The van der Waals surface area contributed by atoms with E-state index in [0.717, 1.165) is 61.6 Å². The average Bonchev–Trinajstić information content (AvgIpc) is 3.43. The lowest BCUT2D eigenvalue weighted by atomic mass is 9.95. The molecule has 0 aliphatic heterocycles. The Kier molecular flexibility index (Phi) is 11.8. The number of allylic oxidation sites excluding steroid dienone is 11. The number of nitrogens with zero attached hydrogens (tertiary/aromatic N) is 2. The zero-order valence-electron chi connectivity index (χ0n) is 27.4. The number of hydrogen-bond acceptors (Lipinski definition) is 5. The number of nitrogens with one attached hydrogen (secondary N) is 4. The molecule has 4 N–H and O–H groups in total. The fraction of sp³-hybridized carbons (Fsp3) is 0.211. The number of fused-ring (bicyclic) bond motifs is 1. The van der Waals surface area contributed by atoms with Crippen LogP contribution in [0.3, 0.4) is 0 Å². The summed E-state index contributed by atoms with van der Waals surface area (Å²) in [7, 11) is 0. The van der Waals surface area contributed by atoms with Gasteiger partial charge in [0.25, 0.3) is 0 Å². The lowest BCUT2D eigenvalue weighted by molar-refractivity contribution is 0.623. The van der Waals surface area contributed by atoms with Gasteiger partial charge in [0, 0.05) is 46.5 Å². The molecule has 0 bridgehead atoms. The smallest absolute Gasteiger partial charge is 0.181 e. The Bertz CT molecular complexity index is 1760. The molecule has 0 fully saturated rings. The van der Waals surface area contributed by atoms with Gasteiger partial charge in [0.1, 0.15) is 5.82 Å². The zero-order valence-corrected chi connectivity index (χ0v) is 27.4. The van der Waals surface area contributed by atoms with Crippen LogP contribution in [-0.2, 0) is 6.54 Å². The SMILES string of the molecule is C=C/C=C(\C(C)=C(/C)NC(=C)c1[nH]nc2ncc(C(/C=C(\C=C)NC(=C)C(C)C)=C/C)cc12)c1cc(F)cc(CNC(=C)C)c1. The fourth-order valence-electron chi connectivity index (χ4n) is 4.57. The molecule has 0 amide bonds. The third kappa shape index (κ3) is 8.92. The van der Waals surface area contributed by atoms with Crippen molar-refractivity contribution in [2.45, 2.75) is 48.1 Å². The van der Waals surface area contributed by atoms with Crippen molar-refractivity contribution in [1.82, 2.24) is 31.1 Å². The Morgan fingerprint density at radius 3 is 2.38 bits per heavy atom. The molecule has 0 radical (unpaired) electrons. The number of aromatic nitrogens is 3. The van der Waals surface area contributed by atoms with Gasteiger partial charge in [-0.25, -0.2) is 9.37 Å². The van der Waals surface area contributed by atoms with Crippen LogP contribution in [0.2, 0.25) is 0 Å². The molecule has 3 aromatic rings. The Hall–Kier alpha value is -5.17. The fourth-order valence-corrected chi connectivity index (χ4v) is 4.57. The Morgan fingerprint density at radius 1 is 1.02 bits per heavy atom. The maximum atomic E-state index is 14.7. The summed E-state index contributed by atoms with van der Waals surface area (Å²) in [5, 5.41) is 18.3. The molecule has 0 unspecified atom stereocenters. The van der Waals surface area contributed by atoms with E-state index in [2.05, 4.69) is 77.9 Å². The van der Waals surface area contributed by atoms with E-state index in [1.807, 2.05) is 58.1 Å². The van der Waals surface area contributed by atoms with Crippen molar-refractivity contribution in [2.75, 3.05) is 0 Å². The highest BCUT2D eigenvalue weighted by atomic mass is 19.1. The van der Waals surface area contributed by atoms with Crippen molar-refractivity contribution in [2.24, 2.45) is 5.92 Å². The minimum Gasteiger partial charge on any atom is -0.385 e. The zero-order chi connectivity index (χ0) is 33.3. The molecule has 6 nitrogen and oxygen atoms in total. The van der Waals surface area contributed by atoms with Crippen LogP contribution in [0.1, 0.15) is 63.9 Å². The predicted octanol–water partition coefficient (Wildman–Crippen LogP) is 9.08. The monoisotopic (exact) mass is 604 g/mol. The minimum atomic E-state index is -0.313. The number of H-pyrrole nitrogens is 1. The third-order valence-electron chi connectivity index (χ3n) is 7.34. The molecule has 0 saturated heterocycles. The summed E-state index contributed by atoms with van der Waals surface area (Å²) in [5.41, 5.74) is 10.5. The normalized spacial score (nSPS) is 12.9. The summed E-state index contributed by atoms with van der Waals surface area (Å²) < 4.78 is 14.7. The molecular weight excluding hydrogens is 559 g/mol. The van der Waals surface area contributed by atoms with Crippen molar-refractivity contribution in [1.29, 1.82) is 0 Å². The molecule has 0 aliphatic carbocycles. The molecule has 0 saturated carbocycles. The molecule has 0 spiro atoms. The van der Waals surface area contributed by atoms with Crippen LogP contribution >= 0.6 is 0 Å². The Balaban J connectivity index is 1.94. The summed E-state index contributed by atoms with van der Waals surface area (Å²) >= 11 is 0. The van der Waals surface area contributed by atoms with Crippen LogP contribution in [0, 0.1) is 11.7 Å². The summed E-state index contributed by atoms with van der Waals surface area (Å²) in [6, 6.07) is 7.06. The second kappa shape index (κ2) is 15.5. The van der Waals surface area contributed by atoms with Crippen molar-refractivity contribution >= 4 is 27.9 Å². The largest absolute Gasteiger partial charge is 0.385 e. The Morgan fingerprint density at radius 2 is 1.76 bits per heavy atom. The summed E-state index contributed by atoms with van der Waals surface area (Å²) in [6.07, 6.45) is 11.2. The van der Waals surface area contributed by atoms with Gasteiger partial charge in [-0.3, -0.25) is 5.10 Å². The van der Waals surface area contributed by atoms with Gasteiger partial charge in [0.2, 0.25) is 0 Å². The predicted molar refractivity (Wildman–Crippen MR) is 190 cm³/mol. The van der Waals surface area contributed by atoms with Crippen LogP contribution in [0.5, 0.6) is 0 Å². The van der Waals surface area contributed by atoms with E-state index in [0.29, 0.717) is 23.6 Å². The molecule has 3 rings (SSSR count). The number of hydrogen-bond donors (Lipinski definition) is 4. The summed E-state index contributed by atoms with van der Waals surface area (Å²) in [6.45, 7) is 32.6. The third-order valence-corrected chi connectivity index (χ3v) is 7.34. The van der Waals surface area contributed by atoms with E-state index < -0.39 is 0 Å². The first-order valence-electron chi connectivity index (χ1n) is 14.8. The minimum absolute atomic E-state index is 0.284. The summed E-state index contributed by atoms with van der Waals surface area (Å²) in [5.74, 6) is -0.0283. The molecule has 2 heterocycles. The van der Waals surface area contributed by atoms with Gasteiger partial charge in [-0.1, -0.05) is 65.0 Å². The van der Waals surface area contributed by atoms with E-state index >= 15 is 0 Å². The molecule has 0 atom stereocenters. The Labute approximate surface area is 267 Å². The molecule has 1 aromatic carbocycles. The lowest BCUT2D eigenvalue weighted by Gasteiger charge is -2.17. The maximum Gasteiger partial charge on any atom is 0.181 e. The highest BCUT2D eigenvalue weighted by Gasteiger charge is 2.15. The van der Waals surface area contributed by atoms with Gasteiger partial charge in [0.15, 0.2) is 5.65 Å². The number of halogens is 1. The number of pyridine rings is 1. The van der Waals surface area contributed by atoms with Crippen LogP contribution in [-0.4, -0.2) is 15.2 Å². The van der Waals surface area contributed by atoms with Gasteiger partial charge < -0.3 is 16.0 Å². The number of rotatable bonds is 15. The molecule has 0 aliphatic rings. The second-order valence-corrected chi connectivity index (χ2v) is 11.2. The van der Waals surface area contributed by atoms with Gasteiger partial charge in [-0.2, -0.15) is 5.10 Å². The molecule has 2 aromatic heterocycles. The molecule has 234 valence electrons. The van der Waals surface area contributed by atoms with E-state index in [-0.39, 0.29) is 11.7 Å². The quantitative estimate of drug-likeness (QED) is 0.130. The molecule has 45 heavy (non-hydrogen) atoms. The van der Waals surface area contributed by atoms with Crippen molar-refractivity contribution in [3.63, 3.8) is 0 Å². The van der Waals surface area contributed by atoms with Crippen LogP contribution in [0.15, 0.2) is 122 Å². The first-order chi connectivity index (χ1) is 21.4. The van der Waals surface area contributed by atoms with Crippen molar-refractivity contribution < 1.29 is 4.39 Å². The topological polar surface area (TPSA) is 77.7 Å². The molecular formula is C38H45FN6. The van der Waals surface area contributed by atoms with Crippen molar-refractivity contribution in [3.05, 3.63) is 150 Å². The van der Waals surface area contributed by atoms with E-state index in [9.17, 15) is 4.39 Å². The molecule has 7 heteroatoms. The van der Waals surface area contributed by atoms with E-state index in [1.54, 1.807) is 18.3 Å². The van der Waals surface area contributed by atoms with E-state index in [4.69, 9.17) is 0 Å². The number of benzene rings is 1. The van der Waals surface area contributed by atoms with Gasteiger partial charge in [-0.15, -0.1) is 0 Å². The first kappa shape index (κ1) is 34.3. The van der Waals surface area contributed by atoms with Crippen LogP contribution in [0.25, 0.3) is 27.9 Å². The average molecular weight is 605 g/mol. The number of aromatic amines is 1. The summed E-state index contributed by atoms with van der Waals surface area (Å²) in [4.78, 5) is 4.60. The second-order valence-electron chi connectivity index (χ2n) is 11.2. The highest BCUT2D eigenvalue weighted by Crippen LogP contribution is 2.29. The highest BCUT2D eigenvalue weighted by molar-refractivity contribution is 5.91. The first-order valence-corrected chi connectivity index (χ1v) is 14.8. The van der Waals surface area contributed by atoms with Gasteiger partial charge >= 0.3 is 0 Å². The van der Waals surface area contributed by atoms with Crippen LogP contribution in [0.4, 0.5) is 4.39 Å². The van der Waals surface area contributed by atoms with E-state index in [1.165, 1.54) is 12.1 Å².